The summed E-state index contributed by atoms with van der Waals surface area (Å²) in [5, 5.41) is 4.90. The van der Waals surface area contributed by atoms with Crippen molar-refractivity contribution in [2.24, 2.45) is 0 Å². The molecule has 266 valence electrons. The highest BCUT2D eigenvalue weighted by atomic mass is 32.2. The van der Waals surface area contributed by atoms with Crippen molar-refractivity contribution in [1.82, 2.24) is 4.57 Å². The molecule has 3 heteroatoms. The zero-order chi connectivity index (χ0) is 37.4. The zero-order valence-corrected chi connectivity index (χ0v) is 31.8. The van der Waals surface area contributed by atoms with Gasteiger partial charge >= 0.3 is 0 Å². The molecule has 0 radical (unpaired) electrons. The van der Waals surface area contributed by atoms with Gasteiger partial charge in [-0.3, -0.25) is 0 Å². The third kappa shape index (κ3) is 6.03. The van der Waals surface area contributed by atoms with Crippen molar-refractivity contribution in [1.29, 1.82) is 0 Å². The molecule has 2 nitrogen and oxygen atoms in total. The summed E-state index contributed by atoms with van der Waals surface area (Å²) in [7, 11) is 0. The van der Waals surface area contributed by atoms with E-state index >= 15 is 0 Å². The van der Waals surface area contributed by atoms with Crippen molar-refractivity contribution in [3.8, 4) is 27.9 Å². The summed E-state index contributed by atoms with van der Waals surface area (Å²) in [5.41, 5.74) is 12.9. The van der Waals surface area contributed by atoms with E-state index in [0.29, 0.717) is 0 Å². The minimum absolute atomic E-state index is 1.10. The smallest absolute Gasteiger partial charge is 0.0604 e. The Morgan fingerprint density at radius 3 is 1.88 bits per heavy atom. The van der Waals surface area contributed by atoms with Crippen LogP contribution in [0.3, 0.4) is 0 Å². The molecule has 9 aromatic carbocycles. The maximum atomic E-state index is 2.47. The lowest BCUT2D eigenvalue weighted by Gasteiger charge is -2.29. The number of hydrogen-bond donors (Lipinski definition) is 0. The van der Waals surface area contributed by atoms with E-state index < -0.39 is 0 Å². The van der Waals surface area contributed by atoms with Crippen LogP contribution < -0.4 is 4.90 Å². The molecule has 0 atom stereocenters. The number of fused-ring (bicyclic) bond motifs is 4. The Hall–Kier alpha value is -6.81. The van der Waals surface area contributed by atoms with E-state index in [9.17, 15) is 0 Å². The number of aryl methyl sites for hydroxylation is 1. The molecule has 0 unspecified atom stereocenters. The van der Waals surface area contributed by atoms with Crippen LogP contribution in [0.2, 0.25) is 0 Å². The second-order valence-electron chi connectivity index (χ2n) is 14.2. The van der Waals surface area contributed by atoms with Gasteiger partial charge < -0.3 is 9.47 Å². The first-order valence-corrected chi connectivity index (χ1v) is 19.9. The van der Waals surface area contributed by atoms with Gasteiger partial charge in [0.15, 0.2) is 0 Å². The number of rotatable bonds is 8. The first-order chi connectivity index (χ1) is 27.7. The third-order valence-corrected chi connectivity index (χ3v) is 12.0. The molecule has 10 aromatic rings. The van der Waals surface area contributed by atoms with Crippen LogP contribution >= 0.6 is 11.8 Å². The van der Waals surface area contributed by atoms with Crippen LogP contribution in [0.25, 0.3) is 60.5 Å². The summed E-state index contributed by atoms with van der Waals surface area (Å²) in [4.78, 5) is 4.92. The first-order valence-electron chi connectivity index (χ1n) is 19.1. The van der Waals surface area contributed by atoms with Gasteiger partial charge in [-0.05, 0) is 89.2 Å². The lowest BCUT2D eigenvalue weighted by atomic mass is 9.99. The monoisotopic (exact) mass is 734 g/mol. The molecule has 1 aromatic heterocycles. The number of para-hydroxylation sites is 2. The Bertz CT molecular complexity index is 3000. The van der Waals surface area contributed by atoms with Crippen LogP contribution in [0.4, 0.5) is 17.1 Å². The van der Waals surface area contributed by atoms with Crippen LogP contribution in [-0.2, 0) is 0 Å². The molecule has 10 rings (SSSR count). The highest BCUT2D eigenvalue weighted by Crippen LogP contribution is 2.46. The molecule has 0 spiro atoms. The van der Waals surface area contributed by atoms with E-state index in [1.165, 1.54) is 64.7 Å². The average molecular weight is 735 g/mol. The van der Waals surface area contributed by atoms with Gasteiger partial charge in [0.2, 0.25) is 0 Å². The normalized spacial score (nSPS) is 11.4. The molecule has 0 aliphatic carbocycles. The Kier molecular flexibility index (Phi) is 8.70. The van der Waals surface area contributed by atoms with Gasteiger partial charge in [-0.1, -0.05) is 169 Å². The number of benzene rings is 9. The lowest BCUT2D eigenvalue weighted by molar-refractivity contribution is 1.10. The van der Waals surface area contributed by atoms with E-state index in [1.54, 1.807) is 0 Å². The number of anilines is 3. The number of nitrogens with zero attached hydrogens (tertiary/aromatic N) is 2. The number of aromatic nitrogens is 1. The fraction of sp³-hybridized carbons (Fsp3) is 0.0189. The summed E-state index contributed by atoms with van der Waals surface area (Å²) < 4.78 is 2.47. The molecule has 1 heterocycles. The van der Waals surface area contributed by atoms with Crippen molar-refractivity contribution in [3.63, 3.8) is 0 Å². The molecule has 0 aliphatic heterocycles. The number of hydrogen-bond acceptors (Lipinski definition) is 2. The molecular formula is C53H38N2S. The second-order valence-corrected chi connectivity index (χ2v) is 15.3. The summed E-state index contributed by atoms with van der Waals surface area (Å²) in [6.07, 6.45) is 0. The maximum absolute atomic E-state index is 2.47. The van der Waals surface area contributed by atoms with Crippen LogP contribution in [0.15, 0.2) is 222 Å². The van der Waals surface area contributed by atoms with Gasteiger partial charge in [0.1, 0.15) is 0 Å². The lowest BCUT2D eigenvalue weighted by Crippen LogP contribution is -2.11. The molecule has 0 saturated carbocycles. The molecule has 0 fully saturated rings. The van der Waals surface area contributed by atoms with Crippen molar-refractivity contribution >= 4 is 61.4 Å². The first kappa shape index (κ1) is 33.7. The Morgan fingerprint density at radius 1 is 0.429 bits per heavy atom. The fourth-order valence-corrected chi connectivity index (χ4v) is 9.13. The van der Waals surface area contributed by atoms with Gasteiger partial charge in [0.25, 0.3) is 0 Å². The van der Waals surface area contributed by atoms with Crippen molar-refractivity contribution in [2.45, 2.75) is 16.7 Å². The summed E-state index contributed by atoms with van der Waals surface area (Å²) in [5.74, 6) is 0. The zero-order valence-electron chi connectivity index (χ0n) is 31.0. The van der Waals surface area contributed by atoms with Crippen LogP contribution in [0.1, 0.15) is 5.56 Å². The summed E-state index contributed by atoms with van der Waals surface area (Å²) >= 11 is 1.83. The Labute approximate surface area is 331 Å². The van der Waals surface area contributed by atoms with Crippen molar-refractivity contribution < 1.29 is 0 Å². The minimum atomic E-state index is 1.10. The maximum Gasteiger partial charge on any atom is 0.0604 e. The van der Waals surface area contributed by atoms with Crippen LogP contribution in [0, 0.1) is 6.92 Å². The van der Waals surface area contributed by atoms with Crippen LogP contribution in [0.5, 0.6) is 0 Å². The van der Waals surface area contributed by atoms with E-state index in [4.69, 9.17) is 0 Å². The minimum Gasteiger partial charge on any atom is -0.309 e. The fourth-order valence-electron chi connectivity index (χ4n) is 8.11. The predicted octanol–water partition coefficient (Wildman–Crippen LogP) is 15.2. The van der Waals surface area contributed by atoms with Gasteiger partial charge in [-0.15, -0.1) is 0 Å². The highest BCUT2D eigenvalue weighted by molar-refractivity contribution is 7.99. The van der Waals surface area contributed by atoms with Crippen molar-refractivity contribution in [3.05, 3.63) is 218 Å². The van der Waals surface area contributed by atoms with E-state index in [1.807, 2.05) is 11.8 Å². The van der Waals surface area contributed by atoms with Crippen LogP contribution in [-0.4, -0.2) is 4.57 Å². The molecular weight excluding hydrogens is 697 g/mol. The molecule has 0 amide bonds. The quantitative estimate of drug-likeness (QED) is 0.154. The SMILES string of the molecule is Cc1cccc(-n2c3ccccc3c3ccc(-c4ccccc4N(c4ccc(-c5ccccc5)cc4)c4cccc5ccccc45)cc32)c1Sc1ccccc1. The second kappa shape index (κ2) is 14.4. The van der Waals surface area contributed by atoms with Gasteiger partial charge in [0, 0.05) is 37.2 Å². The van der Waals surface area contributed by atoms with Crippen molar-refractivity contribution in [2.75, 3.05) is 4.90 Å². The van der Waals surface area contributed by atoms with Gasteiger partial charge in [0.05, 0.1) is 28.1 Å². The van der Waals surface area contributed by atoms with E-state index in [0.717, 1.165) is 28.2 Å². The predicted molar refractivity (Wildman–Crippen MR) is 239 cm³/mol. The third-order valence-electron chi connectivity index (χ3n) is 10.8. The van der Waals surface area contributed by atoms with Gasteiger partial charge in [-0.2, -0.15) is 0 Å². The van der Waals surface area contributed by atoms with E-state index in [2.05, 4.69) is 229 Å². The standard InChI is InChI=1S/C53H38N2S/c1-37-16-14-29-51(53(37)56-43-21-6-3-7-22-43)55-50-27-13-11-25-46(50)47-35-32-41(36-52(47)55)45-24-10-12-26-48(45)54(49-28-15-20-40-19-8-9-23-44(40)49)42-33-30-39(31-34-42)38-17-4-2-5-18-38/h2-36H,1H3. The summed E-state index contributed by atoms with van der Waals surface area (Å²) in [6, 6.07) is 76.9. The van der Waals surface area contributed by atoms with Gasteiger partial charge in [-0.25, -0.2) is 0 Å². The molecule has 0 saturated heterocycles. The topological polar surface area (TPSA) is 8.17 Å². The molecule has 0 N–H and O–H groups in total. The molecule has 0 bridgehead atoms. The van der Waals surface area contributed by atoms with E-state index in [-0.39, 0.29) is 0 Å². The largest absolute Gasteiger partial charge is 0.309 e. The Morgan fingerprint density at radius 2 is 1.04 bits per heavy atom. The summed E-state index contributed by atoms with van der Waals surface area (Å²) in [6.45, 7) is 2.22. The molecule has 56 heavy (non-hydrogen) atoms. The average Bonchev–Trinajstić information content (AvgIpc) is 3.59. The Balaban J connectivity index is 1.18. The molecule has 0 aliphatic rings. The highest BCUT2D eigenvalue weighted by Gasteiger charge is 2.21.